The molecule has 0 unspecified atom stereocenters. The van der Waals surface area contributed by atoms with Crippen LogP contribution in [0.15, 0.2) is 47.1 Å². The summed E-state index contributed by atoms with van der Waals surface area (Å²) >= 11 is 0. The van der Waals surface area contributed by atoms with Gasteiger partial charge < -0.3 is 9.73 Å². The molecule has 2 aromatic rings. The Morgan fingerprint density at radius 2 is 2.24 bits per heavy atom. The van der Waals surface area contributed by atoms with E-state index in [1.807, 2.05) is 6.07 Å². The Labute approximate surface area is 98.5 Å². The Morgan fingerprint density at radius 1 is 1.35 bits per heavy atom. The van der Waals surface area contributed by atoms with Gasteiger partial charge in [-0.2, -0.15) is 5.26 Å². The van der Waals surface area contributed by atoms with Crippen molar-refractivity contribution < 1.29 is 9.21 Å². The average molecular weight is 226 g/mol. The monoisotopic (exact) mass is 226 g/mol. The number of rotatable bonds is 3. The fraction of sp³-hybridized carbons (Fsp3) is 0.0769. The molecule has 0 aliphatic heterocycles. The van der Waals surface area contributed by atoms with Gasteiger partial charge in [0.2, 0.25) is 5.91 Å². The molecule has 0 saturated heterocycles. The van der Waals surface area contributed by atoms with Crippen LogP contribution in [0.1, 0.15) is 11.3 Å². The first kappa shape index (κ1) is 11.0. The van der Waals surface area contributed by atoms with E-state index in [0.717, 1.165) is 0 Å². The van der Waals surface area contributed by atoms with Crippen LogP contribution in [0.25, 0.3) is 0 Å². The lowest BCUT2D eigenvalue weighted by atomic mass is 10.2. The first-order valence-corrected chi connectivity index (χ1v) is 5.10. The Morgan fingerprint density at radius 3 is 2.94 bits per heavy atom. The molecular weight excluding hydrogens is 216 g/mol. The molecule has 0 aliphatic carbocycles. The molecule has 1 heterocycles. The molecule has 0 radical (unpaired) electrons. The number of hydrogen-bond acceptors (Lipinski definition) is 3. The lowest BCUT2D eigenvalue weighted by molar-refractivity contribution is -0.115. The first-order chi connectivity index (χ1) is 8.28. The van der Waals surface area contributed by atoms with Crippen LogP contribution in [0.3, 0.4) is 0 Å². The normalized spacial score (nSPS) is 9.59. The molecule has 17 heavy (non-hydrogen) atoms. The highest BCUT2D eigenvalue weighted by Gasteiger charge is 2.06. The van der Waals surface area contributed by atoms with E-state index in [9.17, 15) is 4.79 Å². The van der Waals surface area contributed by atoms with Crippen molar-refractivity contribution >= 4 is 11.6 Å². The predicted molar refractivity (Wildman–Crippen MR) is 62.2 cm³/mol. The van der Waals surface area contributed by atoms with E-state index in [2.05, 4.69) is 5.32 Å². The highest BCUT2D eigenvalue weighted by atomic mass is 16.3. The Balaban J connectivity index is 2.01. The predicted octanol–water partition coefficient (Wildman–Crippen LogP) is 2.33. The number of anilines is 1. The summed E-state index contributed by atoms with van der Waals surface area (Å²) in [6.45, 7) is 0. The van der Waals surface area contributed by atoms with Crippen molar-refractivity contribution in [1.29, 1.82) is 5.26 Å². The summed E-state index contributed by atoms with van der Waals surface area (Å²) in [6, 6.07) is 12.3. The SMILES string of the molecule is N#Cc1cccc(NC(=O)Cc2ccco2)c1. The summed E-state index contributed by atoms with van der Waals surface area (Å²) in [5, 5.41) is 11.4. The minimum absolute atomic E-state index is 0.171. The van der Waals surface area contributed by atoms with Crippen LogP contribution >= 0.6 is 0 Å². The summed E-state index contributed by atoms with van der Waals surface area (Å²) < 4.78 is 5.07. The molecule has 0 spiro atoms. The smallest absolute Gasteiger partial charge is 0.231 e. The quantitative estimate of drug-likeness (QED) is 0.873. The van der Waals surface area contributed by atoms with Gasteiger partial charge in [0, 0.05) is 5.69 Å². The van der Waals surface area contributed by atoms with E-state index in [4.69, 9.17) is 9.68 Å². The second kappa shape index (κ2) is 4.99. The standard InChI is InChI=1S/C13H10N2O2/c14-9-10-3-1-4-11(7-10)15-13(16)8-12-5-2-6-17-12/h1-7H,8H2,(H,15,16). The fourth-order valence-electron chi connectivity index (χ4n) is 1.44. The molecule has 0 bridgehead atoms. The number of carbonyl (C=O) groups is 1. The van der Waals surface area contributed by atoms with E-state index < -0.39 is 0 Å². The number of nitrogens with one attached hydrogen (secondary N) is 1. The van der Waals surface area contributed by atoms with Crippen LogP contribution in [-0.4, -0.2) is 5.91 Å². The Bertz CT molecular complexity index is 553. The van der Waals surface area contributed by atoms with Gasteiger partial charge in [0.1, 0.15) is 5.76 Å². The van der Waals surface area contributed by atoms with E-state index in [0.29, 0.717) is 17.0 Å². The maximum Gasteiger partial charge on any atom is 0.231 e. The molecule has 2 rings (SSSR count). The lowest BCUT2D eigenvalue weighted by Gasteiger charge is -2.03. The molecule has 0 atom stereocenters. The van der Waals surface area contributed by atoms with Gasteiger partial charge in [-0.25, -0.2) is 0 Å². The van der Waals surface area contributed by atoms with Gasteiger partial charge in [-0.1, -0.05) is 6.07 Å². The molecule has 4 nitrogen and oxygen atoms in total. The van der Waals surface area contributed by atoms with Gasteiger partial charge in [-0.05, 0) is 30.3 Å². The van der Waals surface area contributed by atoms with Crippen LogP contribution in [0.5, 0.6) is 0 Å². The van der Waals surface area contributed by atoms with Crippen molar-refractivity contribution in [2.45, 2.75) is 6.42 Å². The number of amides is 1. The zero-order valence-corrected chi connectivity index (χ0v) is 9.01. The Kier molecular flexibility index (Phi) is 3.22. The highest BCUT2D eigenvalue weighted by molar-refractivity contribution is 5.92. The van der Waals surface area contributed by atoms with Gasteiger partial charge in [0.25, 0.3) is 0 Å². The van der Waals surface area contributed by atoms with Crippen LogP contribution in [-0.2, 0) is 11.2 Å². The third kappa shape index (κ3) is 2.95. The number of carbonyl (C=O) groups excluding carboxylic acids is 1. The van der Waals surface area contributed by atoms with Gasteiger partial charge >= 0.3 is 0 Å². The topological polar surface area (TPSA) is 66.0 Å². The number of hydrogen-bond donors (Lipinski definition) is 1. The molecule has 1 aromatic heterocycles. The molecule has 1 aromatic carbocycles. The molecule has 1 amide bonds. The molecule has 4 heteroatoms. The van der Waals surface area contributed by atoms with Crippen LogP contribution in [0.2, 0.25) is 0 Å². The van der Waals surface area contributed by atoms with Gasteiger partial charge in [-0.15, -0.1) is 0 Å². The van der Waals surface area contributed by atoms with Crippen molar-refractivity contribution in [3.8, 4) is 6.07 Å². The van der Waals surface area contributed by atoms with Crippen LogP contribution in [0, 0.1) is 11.3 Å². The maximum absolute atomic E-state index is 11.6. The van der Waals surface area contributed by atoms with E-state index in [1.54, 1.807) is 36.4 Å². The lowest BCUT2D eigenvalue weighted by Crippen LogP contribution is -2.13. The molecule has 0 aliphatic rings. The second-order valence-electron chi connectivity index (χ2n) is 3.50. The summed E-state index contributed by atoms with van der Waals surface area (Å²) in [7, 11) is 0. The van der Waals surface area contributed by atoms with Crippen molar-refractivity contribution in [2.24, 2.45) is 0 Å². The number of benzene rings is 1. The summed E-state index contributed by atoms with van der Waals surface area (Å²) in [5.74, 6) is 0.439. The van der Waals surface area contributed by atoms with Gasteiger partial charge in [-0.3, -0.25) is 4.79 Å². The van der Waals surface area contributed by atoms with E-state index in [-0.39, 0.29) is 12.3 Å². The molecule has 1 N–H and O–H groups in total. The molecule has 0 saturated carbocycles. The first-order valence-electron chi connectivity index (χ1n) is 5.10. The Hall–Kier alpha value is -2.54. The van der Waals surface area contributed by atoms with Crippen LogP contribution < -0.4 is 5.32 Å². The number of furan rings is 1. The largest absolute Gasteiger partial charge is 0.469 e. The van der Waals surface area contributed by atoms with Crippen molar-refractivity contribution in [3.05, 3.63) is 54.0 Å². The zero-order valence-electron chi connectivity index (χ0n) is 9.01. The second-order valence-corrected chi connectivity index (χ2v) is 3.50. The summed E-state index contributed by atoms with van der Waals surface area (Å²) in [5.41, 5.74) is 1.13. The van der Waals surface area contributed by atoms with Crippen molar-refractivity contribution in [2.75, 3.05) is 5.32 Å². The molecular formula is C13H10N2O2. The van der Waals surface area contributed by atoms with Crippen molar-refractivity contribution in [3.63, 3.8) is 0 Å². The van der Waals surface area contributed by atoms with Crippen LogP contribution in [0.4, 0.5) is 5.69 Å². The minimum Gasteiger partial charge on any atom is -0.469 e. The van der Waals surface area contributed by atoms with E-state index in [1.165, 1.54) is 6.26 Å². The average Bonchev–Trinajstić information content (AvgIpc) is 2.82. The molecule has 84 valence electrons. The summed E-state index contributed by atoms with van der Waals surface area (Å²) in [4.78, 5) is 11.6. The van der Waals surface area contributed by atoms with Gasteiger partial charge in [0.05, 0.1) is 24.3 Å². The maximum atomic E-state index is 11.6. The van der Waals surface area contributed by atoms with Crippen molar-refractivity contribution in [1.82, 2.24) is 0 Å². The number of nitriles is 1. The minimum atomic E-state index is -0.171. The fourth-order valence-corrected chi connectivity index (χ4v) is 1.44. The summed E-state index contributed by atoms with van der Waals surface area (Å²) in [6.07, 6.45) is 1.71. The van der Waals surface area contributed by atoms with E-state index >= 15 is 0 Å². The van der Waals surface area contributed by atoms with Gasteiger partial charge in [0.15, 0.2) is 0 Å². The number of nitrogens with zero attached hydrogens (tertiary/aromatic N) is 1. The zero-order chi connectivity index (χ0) is 12.1. The highest BCUT2D eigenvalue weighted by Crippen LogP contribution is 2.10. The third-order valence-corrected chi connectivity index (χ3v) is 2.19. The molecule has 0 fully saturated rings. The third-order valence-electron chi connectivity index (χ3n) is 2.19.